The molecule has 0 aliphatic carbocycles. The molecular formula is C18H38FN3O4. The van der Waals surface area contributed by atoms with Crippen LogP contribution in [0.5, 0.6) is 0 Å². The maximum atomic E-state index is 14.2. The highest BCUT2D eigenvalue weighted by Crippen LogP contribution is 2.17. The smallest absolute Gasteiger partial charge is 0.222 e. The van der Waals surface area contributed by atoms with Gasteiger partial charge in [0, 0.05) is 25.6 Å². The molecule has 1 atom stereocenters. The maximum absolute atomic E-state index is 14.2. The summed E-state index contributed by atoms with van der Waals surface area (Å²) in [6.07, 6.45) is -1.28. The molecule has 0 rings (SSSR count). The van der Waals surface area contributed by atoms with E-state index in [4.69, 9.17) is 14.2 Å². The molecule has 7 nitrogen and oxygen atoms in total. The second-order valence-corrected chi connectivity index (χ2v) is 6.90. The largest absolute Gasteiger partial charge is 0.379 e. The molecule has 8 heteroatoms. The molecule has 0 aromatic rings. The SMILES string of the molecule is CNCCOCCNCCOCCOC(C)(C)C(F)CNC(=O)C(C)C. The first-order chi connectivity index (χ1) is 12.3. The fourth-order valence-corrected chi connectivity index (χ4v) is 1.89. The third kappa shape index (κ3) is 13.4. The molecule has 0 aromatic heterocycles. The first-order valence-electron chi connectivity index (χ1n) is 9.37. The van der Waals surface area contributed by atoms with Crippen molar-refractivity contribution in [2.45, 2.75) is 39.5 Å². The molecule has 0 saturated carbocycles. The van der Waals surface area contributed by atoms with Crippen LogP contribution < -0.4 is 16.0 Å². The molecule has 0 heterocycles. The Hall–Kier alpha value is -0.800. The number of rotatable bonds is 17. The van der Waals surface area contributed by atoms with Crippen LogP contribution in [0.4, 0.5) is 4.39 Å². The second-order valence-electron chi connectivity index (χ2n) is 6.90. The number of amides is 1. The van der Waals surface area contributed by atoms with Gasteiger partial charge in [0.25, 0.3) is 0 Å². The summed E-state index contributed by atoms with van der Waals surface area (Å²) in [5.74, 6) is -0.320. The van der Waals surface area contributed by atoms with E-state index >= 15 is 0 Å². The lowest BCUT2D eigenvalue weighted by molar-refractivity contribution is -0.125. The Morgan fingerprint density at radius 3 is 2.15 bits per heavy atom. The number of nitrogens with one attached hydrogen (secondary N) is 3. The number of alkyl halides is 1. The minimum atomic E-state index is -1.28. The van der Waals surface area contributed by atoms with Gasteiger partial charge in [0.05, 0.1) is 45.2 Å². The van der Waals surface area contributed by atoms with Gasteiger partial charge in [0.15, 0.2) is 0 Å². The van der Waals surface area contributed by atoms with Crippen molar-refractivity contribution in [3.8, 4) is 0 Å². The van der Waals surface area contributed by atoms with Crippen LogP contribution in [-0.4, -0.2) is 83.9 Å². The molecule has 0 saturated heterocycles. The summed E-state index contributed by atoms with van der Waals surface area (Å²) in [6, 6.07) is 0. The van der Waals surface area contributed by atoms with Crippen molar-refractivity contribution in [2.24, 2.45) is 5.92 Å². The Balaban J connectivity index is 3.59. The predicted octanol–water partition coefficient (Wildman–Crippen LogP) is 0.734. The highest BCUT2D eigenvalue weighted by Gasteiger charge is 2.30. The van der Waals surface area contributed by atoms with E-state index in [2.05, 4.69) is 16.0 Å². The highest BCUT2D eigenvalue weighted by molar-refractivity contribution is 5.77. The van der Waals surface area contributed by atoms with E-state index in [1.807, 2.05) is 7.05 Å². The van der Waals surface area contributed by atoms with Crippen molar-refractivity contribution in [2.75, 3.05) is 66.3 Å². The third-order valence-corrected chi connectivity index (χ3v) is 3.78. The van der Waals surface area contributed by atoms with Gasteiger partial charge in [0.2, 0.25) is 5.91 Å². The number of carbonyl (C=O) groups is 1. The lowest BCUT2D eigenvalue weighted by atomic mass is 10.0. The summed E-state index contributed by atoms with van der Waals surface area (Å²) in [5, 5.41) is 8.81. The molecule has 0 aliphatic heterocycles. The van der Waals surface area contributed by atoms with Crippen molar-refractivity contribution in [3.63, 3.8) is 0 Å². The molecule has 26 heavy (non-hydrogen) atoms. The summed E-state index contributed by atoms with van der Waals surface area (Å²) >= 11 is 0. The van der Waals surface area contributed by atoms with Crippen LogP contribution in [0.3, 0.4) is 0 Å². The van der Waals surface area contributed by atoms with Crippen molar-refractivity contribution >= 4 is 5.91 Å². The molecule has 0 spiro atoms. The average molecular weight is 380 g/mol. The Labute approximate surface area is 157 Å². The fraction of sp³-hybridized carbons (Fsp3) is 0.944. The zero-order valence-corrected chi connectivity index (χ0v) is 17.0. The Bertz CT molecular complexity index is 357. The zero-order chi connectivity index (χ0) is 19.8. The minimum Gasteiger partial charge on any atom is -0.379 e. The molecule has 1 amide bonds. The van der Waals surface area contributed by atoms with Crippen LogP contribution in [0.25, 0.3) is 0 Å². The highest BCUT2D eigenvalue weighted by atomic mass is 19.1. The second kappa shape index (κ2) is 15.3. The third-order valence-electron chi connectivity index (χ3n) is 3.78. The van der Waals surface area contributed by atoms with Gasteiger partial charge in [-0.25, -0.2) is 4.39 Å². The Kier molecular flexibility index (Phi) is 14.8. The number of hydrogen-bond acceptors (Lipinski definition) is 6. The van der Waals surface area contributed by atoms with Crippen molar-refractivity contribution in [1.29, 1.82) is 0 Å². The van der Waals surface area contributed by atoms with Crippen LogP contribution in [0.2, 0.25) is 0 Å². The quantitative estimate of drug-likeness (QED) is 0.323. The predicted molar refractivity (Wildman–Crippen MR) is 101 cm³/mol. The van der Waals surface area contributed by atoms with Crippen LogP contribution >= 0.6 is 0 Å². The normalized spacial score (nSPS) is 13.2. The molecule has 156 valence electrons. The van der Waals surface area contributed by atoms with Crippen LogP contribution in [0, 0.1) is 5.92 Å². The minimum absolute atomic E-state index is 0.0504. The van der Waals surface area contributed by atoms with E-state index in [0.717, 1.165) is 19.6 Å². The molecule has 0 bridgehead atoms. The van der Waals surface area contributed by atoms with E-state index in [1.54, 1.807) is 27.7 Å². The molecule has 0 fully saturated rings. The van der Waals surface area contributed by atoms with Gasteiger partial charge >= 0.3 is 0 Å². The number of ether oxygens (including phenoxy) is 3. The van der Waals surface area contributed by atoms with E-state index in [1.165, 1.54) is 0 Å². The summed E-state index contributed by atoms with van der Waals surface area (Å²) in [6.45, 7) is 11.8. The standard InChI is InChI=1S/C18H38FN3O4/c1-15(2)17(23)22-14-16(19)18(3,4)26-13-12-25-11-8-21-7-10-24-9-6-20-5/h15-16,20-21H,6-14H2,1-5H3,(H,22,23). The lowest BCUT2D eigenvalue weighted by Crippen LogP contribution is -2.45. The van der Waals surface area contributed by atoms with E-state index in [0.29, 0.717) is 33.0 Å². The van der Waals surface area contributed by atoms with Gasteiger partial charge in [-0.2, -0.15) is 0 Å². The van der Waals surface area contributed by atoms with Crippen LogP contribution in [0.15, 0.2) is 0 Å². The summed E-state index contributed by atoms with van der Waals surface area (Å²) in [5.41, 5.74) is -0.976. The van der Waals surface area contributed by atoms with Gasteiger partial charge < -0.3 is 30.2 Å². The van der Waals surface area contributed by atoms with Gasteiger partial charge in [-0.1, -0.05) is 13.8 Å². The average Bonchev–Trinajstić information content (AvgIpc) is 2.59. The van der Waals surface area contributed by atoms with Gasteiger partial charge in [0.1, 0.15) is 6.17 Å². The van der Waals surface area contributed by atoms with E-state index in [-0.39, 0.29) is 18.4 Å². The molecule has 0 radical (unpaired) electrons. The first-order valence-corrected chi connectivity index (χ1v) is 9.37. The molecule has 1 unspecified atom stereocenters. The topological polar surface area (TPSA) is 80.8 Å². The number of likely N-dealkylation sites (N-methyl/N-ethyl adjacent to an activating group) is 1. The van der Waals surface area contributed by atoms with E-state index in [9.17, 15) is 9.18 Å². The lowest BCUT2D eigenvalue weighted by Gasteiger charge is -2.29. The van der Waals surface area contributed by atoms with Crippen LogP contribution in [0.1, 0.15) is 27.7 Å². The monoisotopic (exact) mass is 379 g/mol. The van der Waals surface area contributed by atoms with Gasteiger partial charge in [-0.15, -0.1) is 0 Å². The number of carbonyl (C=O) groups excluding carboxylic acids is 1. The molecular weight excluding hydrogens is 341 g/mol. The Morgan fingerprint density at radius 1 is 1.00 bits per heavy atom. The summed E-state index contributed by atoms with van der Waals surface area (Å²) < 4.78 is 30.6. The van der Waals surface area contributed by atoms with Crippen molar-refractivity contribution in [1.82, 2.24) is 16.0 Å². The summed E-state index contributed by atoms with van der Waals surface area (Å²) in [4.78, 5) is 11.5. The first kappa shape index (κ1) is 25.2. The van der Waals surface area contributed by atoms with Crippen molar-refractivity contribution < 1.29 is 23.4 Å². The van der Waals surface area contributed by atoms with Gasteiger partial charge in [-0.05, 0) is 20.9 Å². The van der Waals surface area contributed by atoms with E-state index < -0.39 is 11.8 Å². The Morgan fingerprint density at radius 2 is 1.58 bits per heavy atom. The van der Waals surface area contributed by atoms with Crippen molar-refractivity contribution in [3.05, 3.63) is 0 Å². The maximum Gasteiger partial charge on any atom is 0.222 e. The molecule has 3 N–H and O–H groups in total. The molecule has 0 aromatic carbocycles. The van der Waals surface area contributed by atoms with Crippen LogP contribution in [-0.2, 0) is 19.0 Å². The zero-order valence-electron chi connectivity index (χ0n) is 17.0. The number of hydrogen-bond donors (Lipinski definition) is 3. The van der Waals surface area contributed by atoms with Gasteiger partial charge in [-0.3, -0.25) is 4.79 Å². The summed E-state index contributed by atoms with van der Waals surface area (Å²) in [7, 11) is 1.89. The number of halogens is 1. The fourth-order valence-electron chi connectivity index (χ4n) is 1.89. The molecule has 0 aliphatic rings.